The number of carbonyl (C=O) groups excluding carboxylic acids is 2. The summed E-state index contributed by atoms with van der Waals surface area (Å²) in [6, 6.07) is 7.46. The van der Waals surface area contributed by atoms with Gasteiger partial charge in [0.1, 0.15) is 0 Å². The summed E-state index contributed by atoms with van der Waals surface area (Å²) in [6.45, 7) is 1.23. The van der Waals surface area contributed by atoms with Crippen molar-refractivity contribution in [2.75, 3.05) is 7.11 Å². The van der Waals surface area contributed by atoms with E-state index in [-0.39, 0.29) is 17.4 Å². The van der Waals surface area contributed by atoms with Gasteiger partial charge in [-0.15, -0.1) is 0 Å². The molecule has 0 aromatic carbocycles. The molecule has 2 aliphatic heterocycles. The average Bonchev–Trinajstić information content (AvgIpc) is 3.65. The Morgan fingerprint density at radius 2 is 1.52 bits per heavy atom. The Labute approximate surface area is 167 Å². The van der Waals surface area contributed by atoms with Gasteiger partial charge < -0.3 is 19.5 Å². The third-order valence-electron chi connectivity index (χ3n) is 5.76. The van der Waals surface area contributed by atoms with Crippen LogP contribution in [-0.2, 0) is 13.1 Å². The lowest BCUT2D eigenvalue weighted by Gasteiger charge is -2.12. The van der Waals surface area contributed by atoms with E-state index in [1.54, 1.807) is 19.2 Å². The molecule has 1 N–H and O–H groups in total. The van der Waals surface area contributed by atoms with Crippen LogP contribution in [-0.4, -0.2) is 50.8 Å². The van der Waals surface area contributed by atoms with Crippen LogP contribution >= 0.6 is 0 Å². The summed E-state index contributed by atoms with van der Waals surface area (Å²) < 4.78 is 5.05. The Balaban J connectivity index is 0.000000125. The van der Waals surface area contributed by atoms with Crippen molar-refractivity contribution in [3.05, 3.63) is 57.1 Å². The highest BCUT2D eigenvalue weighted by Gasteiger charge is 2.39. The fourth-order valence-electron chi connectivity index (χ4n) is 3.90. The summed E-state index contributed by atoms with van der Waals surface area (Å²) >= 11 is 0. The van der Waals surface area contributed by atoms with Crippen LogP contribution in [0.1, 0.15) is 57.8 Å². The number of hydrogen-bond donors (Lipinski definition) is 1. The van der Waals surface area contributed by atoms with Crippen LogP contribution in [0.2, 0.25) is 0 Å². The molecule has 4 aliphatic rings. The SMILES string of the molecule is COc1ccc2c(n1)CN(C1CC1)C2=O.O=C1c2ccc(=O)[nH]c2CN1C1CC1. The molecular weight excluding hydrogens is 372 g/mol. The van der Waals surface area contributed by atoms with Gasteiger partial charge in [0.05, 0.1) is 42.7 Å². The minimum Gasteiger partial charge on any atom is -0.481 e. The Bertz CT molecular complexity index is 1050. The highest BCUT2D eigenvalue weighted by molar-refractivity contribution is 5.98. The van der Waals surface area contributed by atoms with Gasteiger partial charge in [-0.25, -0.2) is 4.98 Å². The zero-order valence-electron chi connectivity index (χ0n) is 16.2. The van der Waals surface area contributed by atoms with Crippen LogP contribution in [0, 0.1) is 0 Å². The van der Waals surface area contributed by atoms with Gasteiger partial charge in [0.2, 0.25) is 11.4 Å². The van der Waals surface area contributed by atoms with E-state index in [4.69, 9.17) is 4.74 Å². The fraction of sp³-hybridized carbons (Fsp3) is 0.429. The number of nitrogens with zero attached hydrogens (tertiary/aromatic N) is 3. The van der Waals surface area contributed by atoms with Crippen molar-refractivity contribution in [1.29, 1.82) is 0 Å². The number of H-pyrrole nitrogens is 1. The van der Waals surface area contributed by atoms with Gasteiger partial charge in [-0.1, -0.05) is 0 Å². The van der Waals surface area contributed by atoms with Crippen LogP contribution in [0.5, 0.6) is 5.88 Å². The number of ether oxygens (including phenoxy) is 1. The number of amides is 2. The normalized spacial score (nSPS) is 19.6. The topological polar surface area (TPSA) is 95.6 Å². The molecule has 0 atom stereocenters. The maximum atomic E-state index is 11.9. The van der Waals surface area contributed by atoms with Crippen LogP contribution in [0.4, 0.5) is 0 Å². The van der Waals surface area contributed by atoms with E-state index in [0.717, 1.165) is 42.6 Å². The van der Waals surface area contributed by atoms with E-state index in [1.165, 1.54) is 6.07 Å². The first-order valence-electron chi connectivity index (χ1n) is 9.93. The smallest absolute Gasteiger partial charge is 0.256 e. The van der Waals surface area contributed by atoms with Gasteiger partial charge in [-0.2, -0.15) is 0 Å². The molecule has 0 saturated heterocycles. The highest BCUT2D eigenvalue weighted by Crippen LogP contribution is 2.35. The number of hydrogen-bond acceptors (Lipinski definition) is 5. The summed E-state index contributed by atoms with van der Waals surface area (Å²) in [4.78, 5) is 45.5. The third-order valence-corrected chi connectivity index (χ3v) is 5.76. The lowest BCUT2D eigenvalue weighted by atomic mass is 10.2. The van der Waals surface area contributed by atoms with Gasteiger partial charge in [0, 0.05) is 24.2 Å². The van der Waals surface area contributed by atoms with Crippen molar-refractivity contribution < 1.29 is 14.3 Å². The Kier molecular flexibility index (Phi) is 4.15. The average molecular weight is 394 g/mol. The molecule has 4 heterocycles. The van der Waals surface area contributed by atoms with Crippen LogP contribution in [0.25, 0.3) is 0 Å². The van der Waals surface area contributed by atoms with Gasteiger partial charge in [-0.3, -0.25) is 14.4 Å². The van der Waals surface area contributed by atoms with Gasteiger partial charge in [-0.05, 0) is 37.8 Å². The minimum atomic E-state index is -0.130. The second-order valence-electron chi connectivity index (χ2n) is 7.89. The van der Waals surface area contributed by atoms with Crippen molar-refractivity contribution >= 4 is 11.8 Å². The van der Waals surface area contributed by atoms with Gasteiger partial charge in [0.15, 0.2) is 0 Å². The molecular formula is C21H22N4O4. The number of nitrogens with one attached hydrogen (secondary N) is 1. The molecule has 150 valence electrons. The zero-order chi connectivity index (χ0) is 20.1. The monoisotopic (exact) mass is 394 g/mol. The van der Waals surface area contributed by atoms with Crippen molar-refractivity contribution in [3.8, 4) is 5.88 Å². The first-order chi connectivity index (χ1) is 14.0. The molecule has 6 rings (SSSR count). The van der Waals surface area contributed by atoms with Crippen LogP contribution < -0.4 is 10.3 Å². The molecule has 2 amide bonds. The first kappa shape index (κ1) is 17.9. The fourth-order valence-corrected chi connectivity index (χ4v) is 3.90. The molecule has 0 bridgehead atoms. The van der Waals surface area contributed by atoms with Crippen LogP contribution in [0.3, 0.4) is 0 Å². The summed E-state index contributed by atoms with van der Waals surface area (Å²) in [5, 5.41) is 0. The molecule has 0 spiro atoms. The van der Waals surface area contributed by atoms with Crippen molar-refractivity contribution in [3.63, 3.8) is 0 Å². The lowest BCUT2D eigenvalue weighted by Crippen LogP contribution is -2.25. The second kappa shape index (κ2) is 6.72. The standard InChI is InChI=1S/C11H12N2O2.C10H10N2O2/c1-15-10-5-4-8-9(12-10)6-13(11(8)14)7-2-3-7;13-9-4-3-7-8(11-9)5-12(10(7)14)6-1-2-6/h4-5,7H,2-3,6H2,1H3;3-4,6H,1-2,5H2,(H,11,13). The summed E-state index contributed by atoms with van der Waals surface area (Å²) in [5.74, 6) is 0.778. The molecule has 2 aromatic heterocycles. The summed E-state index contributed by atoms with van der Waals surface area (Å²) in [7, 11) is 1.59. The Morgan fingerprint density at radius 1 is 0.897 bits per heavy atom. The molecule has 8 heteroatoms. The number of pyridine rings is 2. The van der Waals surface area contributed by atoms with Gasteiger partial charge >= 0.3 is 0 Å². The minimum absolute atomic E-state index is 0.0683. The van der Waals surface area contributed by atoms with Crippen molar-refractivity contribution in [1.82, 2.24) is 19.8 Å². The number of aromatic amines is 1. The molecule has 2 aromatic rings. The first-order valence-corrected chi connectivity index (χ1v) is 9.93. The predicted molar refractivity (Wildman–Crippen MR) is 104 cm³/mol. The highest BCUT2D eigenvalue weighted by atomic mass is 16.5. The van der Waals surface area contributed by atoms with Crippen LogP contribution in [0.15, 0.2) is 29.1 Å². The van der Waals surface area contributed by atoms with E-state index < -0.39 is 0 Å². The van der Waals surface area contributed by atoms with Crippen molar-refractivity contribution in [2.45, 2.75) is 50.9 Å². The number of aromatic nitrogens is 2. The molecule has 8 nitrogen and oxygen atoms in total. The van der Waals surface area contributed by atoms with Gasteiger partial charge in [0.25, 0.3) is 11.8 Å². The lowest BCUT2D eigenvalue weighted by molar-refractivity contribution is 0.0758. The van der Waals surface area contributed by atoms with E-state index in [0.29, 0.717) is 36.6 Å². The molecule has 2 saturated carbocycles. The largest absolute Gasteiger partial charge is 0.481 e. The maximum absolute atomic E-state index is 11.9. The molecule has 29 heavy (non-hydrogen) atoms. The summed E-state index contributed by atoms with van der Waals surface area (Å²) in [5.41, 5.74) is 2.90. The molecule has 2 fully saturated rings. The third kappa shape index (κ3) is 3.28. The van der Waals surface area contributed by atoms with Crippen molar-refractivity contribution in [2.24, 2.45) is 0 Å². The van der Waals surface area contributed by atoms with E-state index in [2.05, 4.69) is 9.97 Å². The quantitative estimate of drug-likeness (QED) is 0.855. The number of methoxy groups -OCH3 is 1. The molecule has 2 aliphatic carbocycles. The predicted octanol–water partition coefficient (Wildman–Crippen LogP) is 1.70. The zero-order valence-corrected chi connectivity index (χ0v) is 16.2. The van der Waals surface area contributed by atoms with E-state index in [1.807, 2.05) is 15.9 Å². The number of carbonyl (C=O) groups is 2. The molecule has 0 radical (unpaired) electrons. The maximum Gasteiger partial charge on any atom is 0.256 e. The number of fused-ring (bicyclic) bond motifs is 2. The Morgan fingerprint density at radius 3 is 2.17 bits per heavy atom. The van der Waals surface area contributed by atoms with E-state index in [9.17, 15) is 14.4 Å². The number of rotatable bonds is 3. The summed E-state index contributed by atoms with van der Waals surface area (Å²) in [6.07, 6.45) is 4.47. The van der Waals surface area contributed by atoms with E-state index >= 15 is 0 Å². The second-order valence-corrected chi connectivity index (χ2v) is 7.89. The Hall–Kier alpha value is -3.16. The molecule has 0 unspecified atom stereocenters.